The molecule has 2 rings (SSSR count). The van der Waals surface area contributed by atoms with Gasteiger partial charge in [0.05, 0.1) is 6.10 Å². The number of hydrogen-bond acceptors (Lipinski definition) is 3. The Labute approximate surface area is 139 Å². The van der Waals surface area contributed by atoms with E-state index in [0.717, 1.165) is 19.5 Å². The van der Waals surface area contributed by atoms with Crippen LogP contribution in [0.2, 0.25) is 0 Å². The Balaban J connectivity index is 1.77. The Hall–Kier alpha value is -1.59. The van der Waals surface area contributed by atoms with Crippen LogP contribution in [-0.4, -0.2) is 59.8 Å². The van der Waals surface area contributed by atoms with Gasteiger partial charge in [0.15, 0.2) is 0 Å². The van der Waals surface area contributed by atoms with Crippen LogP contribution in [0.15, 0.2) is 24.3 Å². The lowest BCUT2D eigenvalue weighted by molar-refractivity contribution is 0.158. The van der Waals surface area contributed by atoms with Gasteiger partial charge in [0.2, 0.25) is 0 Å². The van der Waals surface area contributed by atoms with Crippen LogP contribution >= 0.6 is 0 Å². The lowest BCUT2D eigenvalue weighted by Crippen LogP contribution is -2.47. The molecule has 2 amide bonds. The third-order valence-corrected chi connectivity index (χ3v) is 4.56. The third-order valence-electron chi connectivity index (χ3n) is 4.56. The maximum atomic E-state index is 12.1. The molecule has 1 aliphatic rings. The van der Waals surface area contributed by atoms with Crippen molar-refractivity contribution in [1.29, 1.82) is 0 Å². The summed E-state index contributed by atoms with van der Waals surface area (Å²) in [5.41, 5.74) is 2.84. The predicted molar refractivity (Wildman–Crippen MR) is 92.3 cm³/mol. The largest absolute Gasteiger partial charge is 0.393 e. The highest BCUT2D eigenvalue weighted by molar-refractivity contribution is 5.73. The van der Waals surface area contributed by atoms with Crippen LogP contribution in [-0.2, 0) is 13.0 Å². The van der Waals surface area contributed by atoms with Gasteiger partial charge in [-0.2, -0.15) is 0 Å². The SMILES string of the molecule is CC(O)CCN(C)C(=O)NCC(C)N1CCc2ccccc2C1. The van der Waals surface area contributed by atoms with Crippen molar-refractivity contribution >= 4 is 6.03 Å². The number of amides is 2. The molecule has 2 unspecified atom stereocenters. The lowest BCUT2D eigenvalue weighted by atomic mass is 9.99. The average molecular weight is 319 g/mol. The summed E-state index contributed by atoms with van der Waals surface area (Å²) in [6, 6.07) is 8.81. The van der Waals surface area contributed by atoms with Gasteiger partial charge in [-0.1, -0.05) is 24.3 Å². The van der Waals surface area contributed by atoms with Crippen molar-refractivity contribution in [2.24, 2.45) is 0 Å². The molecule has 128 valence electrons. The molecule has 0 aliphatic carbocycles. The van der Waals surface area contributed by atoms with E-state index in [1.54, 1.807) is 18.9 Å². The van der Waals surface area contributed by atoms with Crippen molar-refractivity contribution in [1.82, 2.24) is 15.1 Å². The lowest BCUT2D eigenvalue weighted by Gasteiger charge is -2.34. The van der Waals surface area contributed by atoms with Gasteiger partial charge in [-0.3, -0.25) is 4.90 Å². The van der Waals surface area contributed by atoms with Gasteiger partial charge in [-0.15, -0.1) is 0 Å². The number of carbonyl (C=O) groups is 1. The smallest absolute Gasteiger partial charge is 0.317 e. The van der Waals surface area contributed by atoms with Crippen molar-refractivity contribution < 1.29 is 9.90 Å². The third kappa shape index (κ3) is 5.22. The Morgan fingerprint density at radius 3 is 2.74 bits per heavy atom. The maximum absolute atomic E-state index is 12.1. The highest BCUT2D eigenvalue weighted by atomic mass is 16.3. The van der Waals surface area contributed by atoms with Crippen LogP contribution in [0.5, 0.6) is 0 Å². The Kier molecular flexibility index (Phi) is 6.42. The number of rotatable bonds is 6. The van der Waals surface area contributed by atoms with Crippen molar-refractivity contribution in [2.45, 2.75) is 45.4 Å². The first kappa shape index (κ1) is 17.8. The first-order valence-corrected chi connectivity index (χ1v) is 8.45. The van der Waals surface area contributed by atoms with Gasteiger partial charge in [0, 0.05) is 39.3 Å². The highest BCUT2D eigenvalue weighted by Gasteiger charge is 2.21. The fourth-order valence-corrected chi connectivity index (χ4v) is 2.87. The van der Waals surface area contributed by atoms with E-state index in [1.807, 2.05) is 0 Å². The van der Waals surface area contributed by atoms with Crippen LogP contribution in [0.1, 0.15) is 31.4 Å². The number of hydrogen-bond donors (Lipinski definition) is 2. The molecule has 23 heavy (non-hydrogen) atoms. The molecule has 2 N–H and O–H groups in total. The number of fused-ring (bicyclic) bond motifs is 1. The fourth-order valence-electron chi connectivity index (χ4n) is 2.87. The summed E-state index contributed by atoms with van der Waals surface area (Å²) in [5.74, 6) is 0. The molecular weight excluding hydrogens is 290 g/mol. The number of aliphatic hydroxyl groups excluding tert-OH is 1. The number of nitrogens with one attached hydrogen (secondary N) is 1. The molecule has 0 bridgehead atoms. The first-order chi connectivity index (χ1) is 11.0. The molecule has 5 heteroatoms. The monoisotopic (exact) mass is 319 g/mol. The zero-order valence-corrected chi connectivity index (χ0v) is 14.5. The van der Waals surface area contributed by atoms with Gasteiger partial charge in [0.25, 0.3) is 0 Å². The average Bonchev–Trinajstić information content (AvgIpc) is 2.56. The van der Waals surface area contributed by atoms with E-state index < -0.39 is 0 Å². The van der Waals surface area contributed by atoms with E-state index >= 15 is 0 Å². The number of benzene rings is 1. The molecule has 0 saturated carbocycles. The molecule has 1 aromatic rings. The fraction of sp³-hybridized carbons (Fsp3) is 0.611. The Bertz CT molecular complexity index is 519. The second-order valence-electron chi connectivity index (χ2n) is 6.58. The number of urea groups is 1. The molecule has 1 aromatic carbocycles. The summed E-state index contributed by atoms with van der Waals surface area (Å²) >= 11 is 0. The molecule has 0 radical (unpaired) electrons. The normalized spacial score (nSPS) is 17.2. The van der Waals surface area contributed by atoms with Crippen molar-refractivity contribution in [2.75, 3.05) is 26.7 Å². The summed E-state index contributed by atoms with van der Waals surface area (Å²) < 4.78 is 0. The number of aliphatic hydroxyl groups is 1. The molecule has 5 nitrogen and oxygen atoms in total. The van der Waals surface area contributed by atoms with E-state index in [2.05, 4.69) is 41.4 Å². The number of carbonyl (C=O) groups excluding carboxylic acids is 1. The molecule has 1 aliphatic heterocycles. The molecule has 2 atom stereocenters. The summed E-state index contributed by atoms with van der Waals surface area (Å²) in [4.78, 5) is 16.1. The second kappa shape index (κ2) is 8.31. The van der Waals surface area contributed by atoms with Gasteiger partial charge >= 0.3 is 6.03 Å². The van der Waals surface area contributed by atoms with Gasteiger partial charge < -0.3 is 15.3 Å². The van der Waals surface area contributed by atoms with E-state index in [4.69, 9.17) is 0 Å². The van der Waals surface area contributed by atoms with Gasteiger partial charge in [-0.05, 0) is 37.8 Å². The molecular formula is C18H29N3O2. The van der Waals surface area contributed by atoms with Crippen LogP contribution < -0.4 is 5.32 Å². The van der Waals surface area contributed by atoms with E-state index in [-0.39, 0.29) is 12.1 Å². The molecule has 0 fully saturated rings. The topological polar surface area (TPSA) is 55.8 Å². The summed E-state index contributed by atoms with van der Waals surface area (Å²) in [6.07, 6.45) is 1.29. The maximum Gasteiger partial charge on any atom is 0.317 e. The van der Waals surface area contributed by atoms with E-state index in [0.29, 0.717) is 25.6 Å². The molecule has 0 saturated heterocycles. The first-order valence-electron chi connectivity index (χ1n) is 8.45. The van der Waals surface area contributed by atoms with E-state index in [9.17, 15) is 9.90 Å². The minimum Gasteiger partial charge on any atom is -0.393 e. The van der Waals surface area contributed by atoms with Gasteiger partial charge in [-0.25, -0.2) is 4.79 Å². The van der Waals surface area contributed by atoms with Crippen molar-refractivity contribution in [3.8, 4) is 0 Å². The minimum atomic E-state index is -0.377. The Morgan fingerprint density at radius 2 is 2.04 bits per heavy atom. The van der Waals surface area contributed by atoms with Crippen molar-refractivity contribution in [3.63, 3.8) is 0 Å². The quantitative estimate of drug-likeness (QED) is 0.841. The standard InChI is InChI=1S/C18H29N3O2/c1-14(12-19-18(23)20(3)10-8-15(2)22)21-11-9-16-6-4-5-7-17(16)13-21/h4-7,14-15,22H,8-13H2,1-3H3,(H,19,23). The predicted octanol–water partition coefficient (Wildman–Crippen LogP) is 1.85. The Morgan fingerprint density at radius 1 is 1.35 bits per heavy atom. The zero-order valence-electron chi connectivity index (χ0n) is 14.5. The molecule has 0 aromatic heterocycles. The van der Waals surface area contributed by atoms with Crippen LogP contribution in [0.25, 0.3) is 0 Å². The van der Waals surface area contributed by atoms with Crippen LogP contribution in [0, 0.1) is 0 Å². The molecule has 1 heterocycles. The number of nitrogens with zero attached hydrogens (tertiary/aromatic N) is 2. The highest BCUT2D eigenvalue weighted by Crippen LogP contribution is 2.19. The van der Waals surface area contributed by atoms with Crippen LogP contribution in [0.4, 0.5) is 4.79 Å². The van der Waals surface area contributed by atoms with E-state index in [1.165, 1.54) is 11.1 Å². The second-order valence-corrected chi connectivity index (χ2v) is 6.58. The summed E-state index contributed by atoms with van der Waals surface area (Å²) in [5, 5.41) is 12.3. The van der Waals surface area contributed by atoms with Crippen molar-refractivity contribution in [3.05, 3.63) is 35.4 Å². The van der Waals surface area contributed by atoms with Crippen LogP contribution in [0.3, 0.4) is 0 Å². The van der Waals surface area contributed by atoms with Gasteiger partial charge in [0.1, 0.15) is 0 Å². The summed E-state index contributed by atoms with van der Waals surface area (Å²) in [7, 11) is 1.76. The zero-order chi connectivity index (χ0) is 16.8. The minimum absolute atomic E-state index is 0.0742. The molecule has 0 spiro atoms. The summed E-state index contributed by atoms with van der Waals surface area (Å²) in [6.45, 7) is 7.08.